The van der Waals surface area contributed by atoms with Crippen LogP contribution in [0.1, 0.15) is 17.2 Å². The highest BCUT2D eigenvalue weighted by molar-refractivity contribution is 6.51. The molecule has 0 spiro atoms. The van der Waals surface area contributed by atoms with Gasteiger partial charge in [0, 0.05) is 11.3 Å². The Morgan fingerprint density at radius 2 is 1.57 bits per heavy atom. The molecule has 1 saturated heterocycles. The Labute approximate surface area is 172 Å². The maximum atomic E-state index is 13.4. The Bertz CT molecular complexity index is 1120. The minimum absolute atomic E-state index is 0.0271. The van der Waals surface area contributed by atoms with E-state index in [4.69, 9.17) is 4.74 Å². The van der Waals surface area contributed by atoms with Gasteiger partial charge in [0.2, 0.25) is 0 Å². The quantitative estimate of drug-likeness (QED) is 0.397. The number of nitrogens with zero attached hydrogens (tertiary/aromatic N) is 1. The standard InChI is InChI=1S/C24H18FNO4/c1-30-19-13-7-15(8-14-19)21-20(22(27)16-5-3-2-4-6-16)23(28)24(29)26(21)18-11-9-17(25)10-12-18/h2-14,21,27H,1H3/b22-20+. The Hall–Kier alpha value is -3.93. The summed E-state index contributed by atoms with van der Waals surface area (Å²) < 4.78 is 18.6. The highest BCUT2D eigenvalue weighted by Crippen LogP contribution is 2.42. The summed E-state index contributed by atoms with van der Waals surface area (Å²) in [6, 6.07) is 19.9. The fourth-order valence-electron chi connectivity index (χ4n) is 3.55. The van der Waals surface area contributed by atoms with Crippen LogP contribution in [-0.4, -0.2) is 23.9 Å². The maximum absolute atomic E-state index is 13.4. The first-order valence-corrected chi connectivity index (χ1v) is 9.27. The van der Waals surface area contributed by atoms with Crippen molar-refractivity contribution < 1.29 is 23.8 Å². The van der Waals surface area contributed by atoms with Gasteiger partial charge >= 0.3 is 0 Å². The molecule has 1 aliphatic heterocycles. The number of halogens is 1. The fraction of sp³-hybridized carbons (Fsp3) is 0.0833. The van der Waals surface area contributed by atoms with Crippen LogP contribution in [0.25, 0.3) is 5.76 Å². The molecule has 1 fully saturated rings. The molecule has 1 amide bonds. The van der Waals surface area contributed by atoms with Crippen molar-refractivity contribution in [2.75, 3.05) is 12.0 Å². The molecule has 5 nitrogen and oxygen atoms in total. The van der Waals surface area contributed by atoms with Crippen LogP contribution in [-0.2, 0) is 9.59 Å². The summed E-state index contributed by atoms with van der Waals surface area (Å²) in [5.74, 6) is -1.71. The molecular formula is C24H18FNO4. The van der Waals surface area contributed by atoms with Gasteiger partial charge in [0.15, 0.2) is 0 Å². The molecule has 30 heavy (non-hydrogen) atoms. The third-order valence-electron chi connectivity index (χ3n) is 5.03. The molecule has 0 saturated carbocycles. The lowest BCUT2D eigenvalue weighted by Gasteiger charge is -2.25. The second-order valence-corrected chi connectivity index (χ2v) is 6.78. The van der Waals surface area contributed by atoms with Crippen LogP contribution in [0.3, 0.4) is 0 Å². The second kappa shape index (κ2) is 7.83. The molecule has 0 aromatic heterocycles. The van der Waals surface area contributed by atoms with E-state index in [1.54, 1.807) is 54.6 Å². The van der Waals surface area contributed by atoms with Gasteiger partial charge in [-0.2, -0.15) is 0 Å². The van der Waals surface area contributed by atoms with Gasteiger partial charge in [-0.3, -0.25) is 14.5 Å². The third-order valence-corrected chi connectivity index (χ3v) is 5.03. The van der Waals surface area contributed by atoms with Crippen LogP contribution in [0.2, 0.25) is 0 Å². The summed E-state index contributed by atoms with van der Waals surface area (Å²) in [6.45, 7) is 0. The van der Waals surface area contributed by atoms with Crippen molar-refractivity contribution in [2.45, 2.75) is 6.04 Å². The largest absolute Gasteiger partial charge is 0.507 e. The number of amides is 1. The van der Waals surface area contributed by atoms with Crippen LogP contribution in [0, 0.1) is 5.82 Å². The average Bonchev–Trinajstić information content (AvgIpc) is 3.05. The highest BCUT2D eigenvalue weighted by Gasteiger charge is 2.46. The number of rotatable bonds is 4. The molecule has 1 atom stereocenters. The highest BCUT2D eigenvalue weighted by atomic mass is 19.1. The molecule has 1 N–H and O–H groups in total. The normalized spacial score (nSPS) is 17.9. The minimum Gasteiger partial charge on any atom is -0.507 e. The number of ether oxygens (including phenoxy) is 1. The predicted molar refractivity (Wildman–Crippen MR) is 111 cm³/mol. The number of aliphatic hydroxyl groups is 1. The third kappa shape index (κ3) is 3.33. The van der Waals surface area contributed by atoms with E-state index in [0.717, 1.165) is 0 Å². The first-order chi connectivity index (χ1) is 14.5. The maximum Gasteiger partial charge on any atom is 0.300 e. The number of carbonyl (C=O) groups excluding carboxylic acids is 2. The van der Waals surface area contributed by atoms with Crippen molar-refractivity contribution in [1.29, 1.82) is 0 Å². The first kappa shape index (κ1) is 19.4. The topological polar surface area (TPSA) is 66.8 Å². The molecule has 1 aliphatic rings. The number of ketones is 1. The summed E-state index contributed by atoms with van der Waals surface area (Å²) in [7, 11) is 1.54. The fourth-order valence-corrected chi connectivity index (χ4v) is 3.55. The van der Waals surface area contributed by atoms with Crippen LogP contribution in [0.5, 0.6) is 5.75 Å². The molecule has 3 aromatic carbocycles. The number of hydrogen-bond acceptors (Lipinski definition) is 4. The molecule has 4 rings (SSSR count). The molecule has 0 radical (unpaired) electrons. The van der Waals surface area contributed by atoms with Crippen LogP contribution >= 0.6 is 0 Å². The van der Waals surface area contributed by atoms with Crippen molar-refractivity contribution in [2.24, 2.45) is 0 Å². The van der Waals surface area contributed by atoms with E-state index in [2.05, 4.69) is 0 Å². The molecule has 6 heteroatoms. The van der Waals surface area contributed by atoms with Crippen molar-refractivity contribution >= 4 is 23.1 Å². The smallest absolute Gasteiger partial charge is 0.300 e. The van der Waals surface area contributed by atoms with Crippen molar-refractivity contribution in [3.05, 3.63) is 101 Å². The summed E-state index contributed by atoms with van der Waals surface area (Å²) in [4.78, 5) is 27.2. The molecule has 0 bridgehead atoms. The van der Waals surface area contributed by atoms with Crippen molar-refractivity contribution in [3.8, 4) is 5.75 Å². The molecule has 3 aromatic rings. The summed E-state index contributed by atoms with van der Waals surface area (Å²) in [6.07, 6.45) is 0. The average molecular weight is 403 g/mol. The molecule has 1 heterocycles. The number of anilines is 1. The van der Waals surface area contributed by atoms with Gasteiger partial charge in [0.05, 0.1) is 18.7 Å². The van der Waals surface area contributed by atoms with E-state index < -0.39 is 23.5 Å². The predicted octanol–water partition coefficient (Wildman–Crippen LogP) is 4.46. The number of carbonyl (C=O) groups is 2. The summed E-state index contributed by atoms with van der Waals surface area (Å²) in [5, 5.41) is 10.9. The first-order valence-electron chi connectivity index (χ1n) is 9.27. The van der Waals surface area contributed by atoms with Gasteiger partial charge in [-0.15, -0.1) is 0 Å². The minimum atomic E-state index is -0.874. The molecule has 1 unspecified atom stereocenters. The van der Waals surface area contributed by atoms with E-state index in [9.17, 15) is 19.1 Å². The zero-order valence-corrected chi connectivity index (χ0v) is 16.1. The Kier molecular flexibility index (Phi) is 5.06. The van der Waals surface area contributed by atoms with E-state index in [1.165, 1.54) is 36.3 Å². The molecule has 0 aliphatic carbocycles. The SMILES string of the molecule is COc1ccc(C2/C(=C(\O)c3ccccc3)C(=O)C(=O)N2c2ccc(F)cc2)cc1. The Balaban J connectivity index is 1.92. The number of aliphatic hydroxyl groups excluding tert-OH is 1. The van der Waals surface area contributed by atoms with Crippen molar-refractivity contribution in [1.82, 2.24) is 0 Å². The van der Waals surface area contributed by atoms with Gasteiger partial charge in [-0.05, 0) is 42.0 Å². The lowest BCUT2D eigenvalue weighted by Crippen LogP contribution is -2.29. The van der Waals surface area contributed by atoms with Crippen LogP contribution in [0.15, 0.2) is 84.4 Å². The zero-order valence-electron chi connectivity index (χ0n) is 16.1. The van der Waals surface area contributed by atoms with Crippen LogP contribution in [0.4, 0.5) is 10.1 Å². The van der Waals surface area contributed by atoms with E-state index >= 15 is 0 Å². The van der Waals surface area contributed by atoms with E-state index in [-0.39, 0.29) is 11.3 Å². The molecular weight excluding hydrogens is 385 g/mol. The van der Waals surface area contributed by atoms with Gasteiger partial charge in [-0.25, -0.2) is 4.39 Å². The second-order valence-electron chi connectivity index (χ2n) is 6.78. The van der Waals surface area contributed by atoms with Crippen LogP contribution < -0.4 is 9.64 Å². The Morgan fingerprint density at radius 3 is 2.17 bits per heavy atom. The summed E-state index contributed by atoms with van der Waals surface area (Å²) >= 11 is 0. The zero-order chi connectivity index (χ0) is 21.3. The lowest BCUT2D eigenvalue weighted by molar-refractivity contribution is -0.132. The number of hydrogen-bond donors (Lipinski definition) is 1. The van der Waals surface area contributed by atoms with Gasteiger partial charge in [-0.1, -0.05) is 42.5 Å². The van der Waals surface area contributed by atoms with Gasteiger partial charge in [0.1, 0.15) is 17.3 Å². The van der Waals surface area contributed by atoms with E-state index in [1.807, 2.05) is 0 Å². The molecule has 150 valence electrons. The summed E-state index contributed by atoms with van der Waals surface area (Å²) in [5.41, 5.74) is 1.36. The number of benzene rings is 3. The van der Waals surface area contributed by atoms with E-state index in [0.29, 0.717) is 22.6 Å². The monoisotopic (exact) mass is 403 g/mol. The van der Waals surface area contributed by atoms with Gasteiger partial charge < -0.3 is 9.84 Å². The lowest BCUT2D eigenvalue weighted by atomic mass is 9.95. The Morgan fingerprint density at radius 1 is 0.933 bits per heavy atom. The van der Waals surface area contributed by atoms with Gasteiger partial charge in [0.25, 0.3) is 11.7 Å². The number of methoxy groups -OCH3 is 1. The van der Waals surface area contributed by atoms with Crippen molar-refractivity contribution in [3.63, 3.8) is 0 Å². The number of Topliss-reactive ketones (excluding diaryl/α,β-unsaturated/α-hetero) is 1.